The largest absolute Gasteiger partial charge is 0.444 e. The van der Waals surface area contributed by atoms with Gasteiger partial charge in [-0.25, -0.2) is 4.79 Å². The van der Waals surface area contributed by atoms with Crippen molar-refractivity contribution in [1.82, 2.24) is 10.2 Å². The molecule has 0 bridgehead atoms. The van der Waals surface area contributed by atoms with Gasteiger partial charge in [-0.2, -0.15) is 0 Å². The van der Waals surface area contributed by atoms with Crippen molar-refractivity contribution in [2.75, 3.05) is 32.8 Å². The summed E-state index contributed by atoms with van der Waals surface area (Å²) in [6.45, 7) is 15.9. The number of hydrogen-bond donors (Lipinski definition) is 1. The maximum atomic E-state index is 12.4. The molecule has 1 amide bonds. The van der Waals surface area contributed by atoms with Gasteiger partial charge < -0.3 is 19.7 Å². The Balaban J connectivity index is 2.40. The van der Waals surface area contributed by atoms with E-state index in [2.05, 4.69) is 5.32 Å². The molecule has 1 fully saturated rings. The summed E-state index contributed by atoms with van der Waals surface area (Å²) in [6.07, 6.45) is 2.13. The van der Waals surface area contributed by atoms with E-state index in [9.17, 15) is 4.79 Å². The van der Waals surface area contributed by atoms with E-state index in [1.807, 2.05) is 41.5 Å². The molecule has 0 saturated carbocycles. The molecule has 0 aromatic carbocycles. The topological polar surface area (TPSA) is 50.8 Å². The maximum absolute atomic E-state index is 12.4. The Bertz CT molecular complexity index is 339. The van der Waals surface area contributed by atoms with Gasteiger partial charge in [0.05, 0.1) is 6.61 Å². The van der Waals surface area contributed by atoms with Crippen LogP contribution in [-0.2, 0) is 9.47 Å². The number of hydrogen-bond acceptors (Lipinski definition) is 4. The number of ether oxygens (including phenoxy) is 2. The van der Waals surface area contributed by atoms with Gasteiger partial charge in [0.1, 0.15) is 5.60 Å². The van der Waals surface area contributed by atoms with Crippen molar-refractivity contribution in [2.24, 2.45) is 5.92 Å². The Morgan fingerprint density at radius 2 is 1.95 bits per heavy atom. The van der Waals surface area contributed by atoms with Crippen LogP contribution in [0.3, 0.4) is 0 Å². The molecule has 0 spiro atoms. The number of amides is 1. The van der Waals surface area contributed by atoms with E-state index < -0.39 is 5.60 Å². The second-order valence-electron chi connectivity index (χ2n) is 8.09. The van der Waals surface area contributed by atoms with E-state index in [0.29, 0.717) is 12.5 Å². The second-order valence-corrected chi connectivity index (χ2v) is 8.09. The fourth-order valence-electron chi connectivity index (χ4n) is 2.48. The average Bonchev–Trinajstić information content (AvgIpc) is 2.36. The minimum Gasteiger partial charge on any atom is -0.444 e. The molecule has 0 radical (unpaired) electrons. The lowest BCUT2D eigenvalue weighted by Crippen LogP contribution is -2.50. The molecule has 1 atom stereocenters. The molecular formula is C17H34N2O3. The smallest absolute Gasteiger partial charge is 0.410 e. The number of nitrogens with zero attached hydrogens (tertiary/aromatic N) is 1. The number of carbonyl (C=O) groups is 1. The second kappa shape index (κ2) is 8.16. The van der Waals surface area contributed by atoms with Gasteiger partial charge in [-0.1, -0.05) is 0 Å². The van der Waals surface area contributed by atoms with Crippen LogP contribution in [0, 0.1) is 5.92 Å². The molecule has 1 unspecified atom stereocenters. The lowest BCUT2D eigenvalue weighted by molar-refractivity contribution is 0.00628. The third kappa shape index (κ3) is 7.45. The Morgan fingerprint density at radius 3 is 2.45 bits per heavy atom. The van der Waals surface area contributed by atoms with E-state index in [0.717, 1.165) is 32.7 Å². The Labute approximate surface area is 135 Å². The molecular weight excluding hydrogens is 280 g/mol. The van der Waals surface area contributed by atoms with Crippen molar-refractivity contribution >= 4 is 6.09 Å². The zero-order valence-electron chi connectivity index (χ0n) is 15.2. The minimum atomic E-state index is -0.465. The zero-order chi connectivity index (χ0) is 16.8. The van der Waals surface area contributed by atoms with Gasteiger partial charge in [0.25, 0.3) is 0 Å². The van der Waals surface area contributed by atoms with Gasteiger partial charge in [-0.05, 0) is 60.3 Å². The molecule has 1 saturated heterocycles. The predicted octanol–water partition coefficient (Wildman–Crippen LogP) is 3.04. The summed E-state index contributed by atoms with van der Waals surface area (Å²) in [4.78, 5) is 14.2. The van der Waals surface area contributed by atoms with Gasteiger partial charge >= 0.3 is 6.09 Å². The van der Waals surface area contributed by atoms with Gasteiger partial charge in [0, 0.05) is 31.8 Å². The predicted molar refractivity (Wildman–Crippen MR) is 89.1 cm³/mol. The van der Waals surface area contributed by atoms with Crippen molar-refractivity contribution in [1.29, 1.82) is 0 Å². The highest BCUT2D eigenvalue weighted by Gasteiger charge is 2.30. The monoisotopic (exact) mass is 314 g/mol. The van der Waals surface area contributed by atoms with Gasteiger partial charge in [-0.15, -0.1) is 0 Å². The molecule has 1 rings (SSSR count). The van der Waals surface area contributed by atoms with Crippen LogP contribution in [0.15, 0.2) is 0 Å². The molecule has 1 aliphatic heterocycles. The number of carbonyl (C=O) groups excluding carboxylic acids is 1. The first-order valence-electron chi connectivity index (χ1n) is 8.39. The van der Waals surface area contributed by atoms with Crippen molar-refractivity contribution in [2.45, 2.75) is 65.5 Å². The normalized spacial score (nSPS) is 19.8. The van der Waals surface area contributed by atoms with E-state index in [1.165, 1.54) is 6.42 Å². The maximum Gasteiger partial charge on any atom is 0.410 e. The summed E-state index contributed by atoms with van der Waals surface area (Å²) < 4.78 is 11.0. The lowest BCUT2D eigenvalue weighted by Gasteiger charge is -2.37. The van der Waals surface area contributed by atoms with E-state index in [4.69, 9.17) is 9.47 Å². The summed E-state index contributed by atoms with van der Waals surface area (Å²) in [5.41, 5.74) is -0.717. The molecule has 0 aliphatic carbocycles. The van der Waals surface area contributed by atoms with Crippen LogP contribution in [0.5, 0.6) is 0 Å². The van der Waals surface area contributed by atoms with Crippen LogP contribution in [0.25, 0.3) is 0 Å². The van der Waals surface area contributed by atoms with Gasteiger partial charge in [0.15, 0.2) is 0 Å². The first-order valence-corrected chi connectivity index (χ1v) is 8.39. The fraction of sp³-hybridized carbons (Fsp3) is 0.941. The van der Waals surface area contributed by atoms with Crippen molar-refractivity contribution < 1.29 is 14.3 Å². The molecule has 130 valence electrons. The van der Waals surface area contributed by atoms with Crippen LogP contribution in [0.1, 0.15) is 54.4 Å². The SMILES string of the molecule is CC(C)(C)OC(=O)N(CCNCC1CCCOC1)C(C)(C)C. The standard InChI is InChI=1S/C17H34N2O3/c1-16(2,3)19(15(20)22-17(4,5)6)10-9-18-12-14-8-7-11-21-13-14/h14,18H,7-13H2,1-6H3. The van der Waals surface area contributed by atoms with Crippen molar-refractivity contribution in [3.05, 3.63) is 0 Å². The molecule has 1 heterocycles. The minimum absolute atomic E-state index is 0.247. The molecule has 0 aromatic rings. The quantitative estimate of drug-likeness (QED) is 0.793. The van der Waals surface area contributed by atoms with Gasteiger partial charge in [0.2, 0.25) is 0 Å². The average molecular weight is 314 g/mol. The molecule has 22 heavy (non-hydrogen) atoms. The molecule has 5 nitrogen and oxygen atoms in total. The van der Waals surface area contributed by atoms with Crippen molar-refractivity contribution in [3.63, 3.8) is 0 Å². The summed E-state index contributed by atoms with van der Waals surface area (Å²) in [7, 11) is 0. The molecule has 1 aliphatic rings. The van der Waals surface area contributed by atoms with Crippen LogP contribution in [0.2, 0.25) is 0 Å². The Hall–Kier alpha value is -0.810. The van der Waals surface area contributed by atoms with E-state index >= 15 is 0 Å². The van der Waals surface area contributed by atoms with Crippen LogP contribution >= 0.6 is 0 Å². The summed E-state index contributed by atoms with van der Waals surface area (Å²) in [5, 5.41) is 3.45. The van der Waals surface area contributed by atoms with Crippen LogP contribution in [0.4, 0.5) is 4.79 Å². The Morgan fingerprint density at radius 1 is 1.27 bits per heavy atom. The van der Waals surface area contributed by atoms with Crippen LogP contribution < -0.4 is 5.32 Å². The zero-order valence-corrected chi connectivity index (χ0v) is 15.2. The number of nitrogens with one attached hydrogen (secondary N) is 1. The van der Waals surface area contributed by atoms with Gasteiger partial charge in [-0.3, -0.25) is 0 Å². The third-order valence-electron chi connectivity index (χ3n) is 3.62. The number of rotatable bonds is 5. The van der Waals surface area contributed by atoms with E-state index in [-0.39, 0.29) is 11.6 Å². The first kappa shape index (κ1) is 19.2. The highest BCUT2D eigenvalue weighted by atomic mass is 16.6. The summed E-state index contributed by atoms with van der Waals surface area (Å²) >= 11 is 0. The Kier molecular flexibility index (Phi) is 7.13. The molecule has 1 N–H and O–H groups in total. The van der Waals surface area contributed by atoms with E-state index in [1.54, 1.807) is 4.90 Å². The molecule has 5 heteroatoms. The fourth-order valence-corrected chi connectivity index (χ4v) is 2.48. The first-order chi connectivity index (χ1) is 10.1. The summed E-state index contributed by atoms with van der Waals surface area (Å²) in [6, 6.07) is 0. The third-order valence-corrected chi connectivity index (χ3v) is 3.62. The molecule has 0 aromatic heterocycles. The highest BCUT2D eigenvalue weighted by Crippen LogP contribution is 2.18. The summed E-state index contributed by atoms with van der Waals surface area (Å²) in [5.74, 6) is 0.596. The van der Waals surface area contributed by atoms with Crippen LogP contribution in [-0.4, -0.2) is 55.0 Å². The van der Waals surface area contributed by atoms with Crippen molar-refractivity contribution in [3.8, 4) is 0 Å². The lowest BCUT2D eigenvalue weighted by atomic mass is 10.0. The highest BCUT2D eigenvalue weighted by molar-refractivity contribution is 5.69.